The van der Waals surface area contributed by atoms with Gasteiger partial charge in [-0.15, -0.1) is 0 Å². The Morgan fingerprint density at radius 3 is 2.30 bits per heavy atom. The molecule has 0 aromatic rings. The highest BCUT2D eigenvalue weighted by molar-refractivity contribution is 5.83. The molecular formula is C16H31N3O. The van der Waals surface area contributed by atoms with Gasteiger partial charge in [0, 0.05) is 24.5 Å². The lowest BCUT2D eigenvalue weighted by molar-refractivity contribution is -0.145. The Balaban J connectivity index is 2.05. The van der Waals surface area contributed by atoms with Crippen molar-refractivity contribution in [1.82, 2.24) is 15.1 Å². The van der Waals surface area contributed by atoms with E-state index >= 15 is 0 Å². The van der Waals surface area contributed by atoms with Crippen molar-refractivity contribution >= 4 is 5.91 Å². The van der Waals surface area contributed by atoms with Gasteiger partial charge < -0.3 is 15.1 Å². The van der Waals surface area contributed by atoms with Gasteiger partial charge in [0.2, 0.25) is 5.91 Å². The fourth-order valence-corrected chi connectivity index (χ4v) is 3.51. The molecule has 1 heterocycles. The second-order valence-corrected chi connectivity index (χ2v) is 7.05. The summed E-state index contributed by atoms with van der Waals surface area (Å²) in [6.45, 7) is 5.99. The summed E-state index contributed by atoms with van der Waals surface area (Å²) in [5.41, 5.74) is -0.139. The lowest BCUT2D eigenvalue weighted by Gasteiger charge is -2.40. The summed E-state index contributed by atoms with van der Waals surface area (Å²) in [4.78, 5) is 17.5. The van der Waals surface area contributed by atoms with Crippen molar-refractivity contribution in [3.8, 4) is 0 Å². The molecule has 0 atom stereocenters. The molecule has 0 spiro atoms. The minimum Gasteiger partial charge on any atom is -0.338 e. The van der Waals surface area contributed by atoms with Gasteiger partial charge in [-0.05, 0) is 52.9 Å². The van der Waals surface area contributed by atoms with Crippen LogP contribution in [0.4, 0.5) is 0 Å². The highest BCUT2D eigenvalue weighted by Crippen LogP contribution is 2.33. The van der Waals surface area contributed by atoms with Gasteiger partial charge in [-0.25, -0.2) is 0 Å². The molecule has 0 unspecified atom stereocenters. The average molecular weight is 281 g/mol. The third-order valence-electron chi connectivity index (χ3n) is 5.04. The highest BCUT2D eigenvalue weighted by Gasteiger charge is 2.40. The van der Waals surface area contributed by atoms with E-state index in [1.165, 1.54) is 25.7 Å². The molecule has 116 valence electrons. The Hall–Kier alpha value is -0.610. The van der Waals surface area contributed by atoms with Crippen molar-refractivity contribution in [3.63, 3.8) is 0 Å². The summed E-state index contributed by atoms with van der Waals surface area (Å²) in [7, 11) is 4.17. The molecule has 0 aromatic carbocycles. The predicted molar refractivity (Wildman–Crippen MR) is 82.7 cm³/mol. The van der Waals surface area contributed by atoms with Crippen LogP contribution < -0.4 is 5.32 Å². The number of nitrogens with one attached hydrogen (secondary N) is 1. The van der Waals surface area contributed by atoms with Crippen LogP contribution in [0.5, 0.6) is 0 Å². The molecule has 0 aromatic heterocycles. The molecule has 2 rings (SSSR count). The van der Waals surface area contributed by atoms with Crippen LogP contribution in [-0.2, 0) is 4.79 Å². The molecular weight excluding hydrogens is 250 g/mol. The smallest absolute Gasteiger partial charge is 0.228 e. The van der Waals surface area contributed by atoms with E-state index in [4.69, 9.17) is 0 Å². The highest BCUT2D eigenvalue weighted by atomic mass is 16.2. The molecule has 20 heavy (non-hydrogen) atoms. The molecule has 1 saturated heterocycles. The third kappa shape index (κ3) is 3.73. The Labute approximate surface area is 123 Å². The summed E-state index contributed by atoms with van der Waals surface area (Å²) in [5.74, 6) is 0.410. The summed E-state index contributed by atoms with van der Waals surface area (Å²) in [5, 5.41) is 3.37. The maximum Gasteiger partial charge on any atom is 0.228 e. The van der Waals surface area contributed by atoms with E-state index in [0.717, 1.165) is 39.0 Å². The molecule has 1 aliphatic carbocycles. The first-order valence-electron chi connectivity index (χ1n) is 8.19. The molecule has 2 fully saturated rings. The van der Waals surface area contributed by atoms with E-state index in [2.05, 4.69) is 36.1 Å². The van der Waals surface area contributed by atoms with Crippen molar-refractivity contribution in [3.05, 3.63) is 0 Å². The monoisotopic (exact) mass is 281 g/mol. The predicted octanol–water partition coefficient (Wildman–Crippen LogP) is 1.71. The van der Waals surface area contributed by atoms with Gasteiger partial charge in [0.05, 0.1) is 0 Å². The van der Waals surface area contributed by atoms with Crippen LogP contribution in [0.25, 0.3) is 0 Å². The normalized spacial score (nSPS) is 23.2. The zero-order chi connectivity index (χ0) is 14.6. The molecule has 0 radical (unpaired) electrons. The second kappa shape index (κ2) is 6.90. The Morgan fingerprint density at radius 1 is 1.15 bits per heavy atom. The second-order valence-electron chi connectivity index (χ2n) is 7.05. The zero-order valence-corrected chi connectivity index (χ0v) is 13.5. The van der Waals surface area contributed by atoms with Crippen LogP contribution in [0.15, 0.2) is 0 Å². The molecule has 4 nitrogen and oxygen atoms in total. The van der Waals surface area contributed by atoms with Gasteiger partial charge in [-0.3, -0.25) is 4.79 Å². The topological polar surface area (TPSA) is 35.6 Å². The van der Waals surface area contributed by atoms with E-state index in [-0.39, 0.29) is 5.41 Å². The fourth-order valence-electron chi connectivity index (χ4n) is 3.51. The minimum absolute atomic E-state index is 0.139. The lowest BCUT2D eigenvalue weighted by atomic mass is 9.79. The maximum atomic E-state index is 13.1. The summed E-state index contributed by atoms with van der Waals surface area (Å²) >= 11 is 0. The van der Waals surface area contributed by atoms with Crippen LogP contribution in [-0.4, -0.2) is 62.0 Å². The van der Waals surface area contributed by atoms with E-state index in [9.17, 15) is 4.79 Å². The molecule has 1 saturated carbocycles. The van der Waals surface area contributed by atoms with Crippen LogP contribution in [0.2, 0.25) is 0 Å². The maximum absolute atomic E-state index is 13.1. The molecule has 2 aliphatic rings. The fraction of sp³-hybridized carbons (Fsp3) is 0.938. The summed E-state index contributed by atoms with van der Waals surface area (Å²) in [6.07, 6.45) is 6.94. The first kappa shape index (κ1) is 15.8. The van der Waals surface area contributed by atoms with E-state index < -0.39 is 0 Å². The van der Waals surface area contributed by atoms with Crippen molar-refractivity contribution < 1.29 is 4.79 Å². The standard InChI is InChI=1S/C16H31N3O/c1-16(8-10-17-11-9-16)15(20)19(13-12-18(2)3)14-6-4-5-7-14/h14,17H,4-13H2,1-3H3. The van der Waals surface area contributed by atoms with Crippen molar-refractivity contribution in [2.45, 2.75) is 51.5 Å². The number of hydrogen-bond acceptors (Lipinski definition) is 3. The Morgan fingerprint density at radius 2 is 1.75 bits per heavy atom. The van der Waals surface area contributed by atoms with Crippen LogP contribution in [0.1, 0.15) is 45.4 Å². The first-order valence-corrected chi connectivity index (χ1v) is 8.19. The molecule has 1 amide bonds. The molecule has 0 bridgehead atoms. The van der Waals surface area contributed by atoms with Gasteiger partial charge in [0.15, 0.2) is 0 Å². The van der Waals surface area contributed by atoms with Gasteiger partial charge in [-0.2, -0.15) is 0 Å². The Kier molecular flexibility index (Phi) is 5.44. The number of carbonyl (C=O) groups excluding carboxylic acids is 1. The zero-order valence-electron chi connectivity index (χ0n) is 13.5. The number of hydrogen-bond donors (Lipinski definition) is 1. The number of nitrogens with zero attached hydrogens (tertiary/aromatic N) is 2. The summed E-state index contributed by atoms with van der Waals surface area (Å²) in [6, 6.07) is 0.495. The largest absolute Gasteiger partial charge is 0.338 e. The Bertz CT molecular complexity index is 318. The van der Waals surface area contributed by atoms with Crippen LogP contribution in [0, 0.1) is 5.41 Å². The van der Waals surface area contributed by atoms with E-state index in [1.807, 2.05) is 0 Å². The lowest BCUT2D eigenvalue weighted by Crippen LogP contribution is -2.52. The van der Waals surface area contributed by atoms with Gasteiger partial charge in [-0.1, -0.05) is 19.8 Å². The number of amides is 1. The summed E-state index contributed by atoms with van der Waals surface area (Å²) < 4.78 is 0. The molecule has 4 heteroatoms. The number of piperidine rings is 1. The molecule has 1 N–H and O–H groups in total. The quantitative estimate of drug-likeness (QED) is 0.833. The SMILES string of the molecule is CN(C)CCN(C(=O)C1(C)CCNCC1)C1CCCC1. The number of rotatable bonds is 5. The van der Waals surface area contributed by atoms with Crippen molar-refractivity contribution in [2.75, 3.05) is 40.3 Å². The van der Waals surface area contributed by atoms with E-state index in [0.29, 0.717) is 11.9 Å². The van der Waals surface area contributed by atoms with Crippen LogP contribution in [0.3, 0.4) is 0 Å². The van der Waals surface area contributed by atoms with Crippen molar-refractivity contribution in [1.29, 1.82) is 0 Å². The number of likely N-dealkylation sites (N-methyl/N-ethyl adjacent to an activating group) is 1. The first-order chi connectivity index (χ1) is 9.53. The van der Waals surface area contributed by atoms with Crippen LogP contribution >= 0.6 is 0 Å². The van der Waals surface area contributed by atoms with Crippen molar-refractivity contribution in [2.24, 2.45) is 5.41 Å². The average Bonchev–Trinajstić information content (AvgIpc) is 2.93. The minimum atomic E-state index is -0.139. The molecule has 1 aliphatic heterocycles. The van der Waals surface area contributed by atoms with E-state index in [1.54, 1.807) is 0 Å². The number of carbonyl (C=O) groups is 1. The third-order valence-corrected chi connectivity index (χ3v) is 5.04. The van der Waals surface area contributed by atoms with Gasteiger partial charge >= 0.3 is 0 Å². The van der Waals surface area contributed by atoms with Gasteiger partial charge in [0.25, 0.3) is 0 Å². The van der Waals surface area contributed by atoms with Gasteiger partial charge in [0.1, 0.15) is 0 Å².